The van der Waals surface area contributed by atoms with Gasteiger partial charge in [-0.15, -0.1) is 11.3 Å². The van der Waals surface area contributed by atoms with Crippen molar-refractivity contribution in [3.8, 4) is 0 Å². The third-order valence-corrected chi connectivity index (χ3v) is 8.70. The van der Waals surface area contributed by atoms with E-state index in [1.165, 1.54) is 0 Å². The van der Waals surface area contributed by atoms with Gasteiger partial charge in [0.1, 0.15) is 0 Å². The fourth-order valence-electron chi connectivity index (χ4n) is 5.85. The second kappa shape index (κ2) is 10.0. The van der Waals surface area contributed by atoms with Gasteiger partial charge in [-0.25, -0.2) is 0 Å². The second-order valence-corrected chi connectivity index (χ2v) is 10.9. The summed E-state index contributed by atoms with van der Waals surface area (Å²) >= 11 is 1.65. The number of likely N-dealkylation sites (tertiary alicyclic amines) is 1. The summed E-state index contributed by atoms with van der Waals surface area (Å²) in [4.78, 5) is 34.2. The largest absolute Gasteiger partial charge is 0.342 e. The van der Waals surface area contributed by atoms with Crippen molar-refractivity contribution in [3.63, 3.8) is 0 Å². The van der Waals surface area contributed by atoms with Crippen LogP contribution >= 0.6 is 11.3 Å². The molecule has 1 aromatic heterocycles. The first kappa shape index (κ1) is 23.2. The second-order valence-electron chi connectivity index (χ2n) is 9.89. The average molecular weight is 498 g/mol. The minimum atomic E-state index is 0.136. The van der Waals surface area contributed by atoms with Crippen molar-refractivity contribution in [2.45, 2.75) is 25.3 Å². The SMILES string of the molecule is O=C(Cc1cccs1)N1CCC(N2CCN(C(=O)c3c4ccccc4cc4ccccc34)CC2)CC1. The Morgan fingerprint density at radius 3 is 2.00 bits per heavy atom. The van der Waals surface area contributed by atoms with E-state index in [9.17, 15) is 9.59 Å². The number of benzene rings is 3. The molecule has 3 heterocycles. The van der Waals surface area contributed by atoms with Gasteiger partial charge in [-0.05, 0) is 51.9 Å². The standard InChI is InChI=1S/C30H31N3O2S/c34-28(21-25-8-5-19-36-25)32-13-11-24(12-14-32)31-15-17-33(18-16-31)30(35)29-26-9-3-1-6-22(26)20-23-7-2-4-10-27(23)29/h1-10,19-20,24H,11-18,21H2. The Balaban J connectivity index is 1.10. The number of carbonyl (C=O) groups is 2. The molecule has 2 amide bonds. The first-order chi connectivity index (χ1) is 17.7. The molecule has 2 aliphatic rings. The van der Waals surface area contributed by atoms with Crippen molar-refractivity contribution in [1.82, 2.24) is 14.7 Å². The molecule has 2 aliphatic heterocycles. The van der Waals surface area contributed by atoms with E-state index in [4.69, 9.17) is 0 Å². The summed E-state index contributed by atoms with van der Waals surface area (Å²) in [5.74, 6) is 0.380. The monoisotopic (exact) mass is 497 g/mol. The van der Waals surface area contributed by atoms with Crippen LogP contribution in [0.4, 0.5) is 0 Å². The zero-order chi connectivity index (χ0) is 24.5. The van der Waals surface area contributed by atoms with E-state index in [-0.39, 0.29) is 11.8 Å². The van der Waals surface area contributed by atoms with Gasteiger partial charge in [0.05, 0.1) is 12.0 Å². The molecule has 0 saturated carbocycles. The smallest absolute Gasteiger partial charge is 0.255 e. The molecule has 6 rings (SSSR count). The Morgan fingerprint density at radius 2 is 1.39 bits per heavy atom. The molecule has 5 nitrogen and oxygen atoms in total. The highest BCUT2D eigenvalue weighted by atomic mass is 32.1. The molecule has 3 aromatic carbocycles. The third kappa shape index (κ3) is 4.51. The van der Waals surface area contributed by atoms with Crippen molar-refractivity contribution < 1.29 is 9.59 Å². The highest BCUT2D eigenvalue weighted by molar-refractivity contribution is 7.10. The molecule has 4 aromatic rings. The first-order valence-corrected chi connectivity index (χ1v) is 13.8. The highest BCUT2D eigenvalue weighted by Crippen LogP contribution is 2.30. The summed E-state index contributed by atoms with van der Waals surface area (Å²) in [5, 5.41) is 6.31. The van der Waals surface area contributed by atoms with E-state index < -0.39 is 0 Å². The molecule has 2 fully saturated rings. The number of nitrogens with zero attached hydrogens (tertiary/aromatic N) is 3. The molecule has 6 heteroatoms. The maximum Gasteiger partial charge on any atom is 0.255 e. The summed E-state index contributed by atoms with van der Waals surface area (Å²) in [5.41, 5.74) is 0.828. The van der Waals surface area contributed by atoms with Gasteiger partial charge in [0.15, 0.2) is 0 Å². The highest BCUT2D eigenvalue weighted by Gasteiger charge is 2.31. The lowest BCUT2D eigenvalue weighted by Crippen LogP contribution is -2.54. The Bertz CT molecular complexity index is 1330. The van der Waals surface area contributed by atoms with E-state index >= 15 is 0 Å². The maximum absolute atomic E-state index is 13.8. The van der Waals surface area contributed by atoms with Crippen LogP contribution < -0.4 is 0 Å². The minimum Gasteiger partial charge on any atom is -0.342 e. The van der Waals surface area contributed by atoms with Crippen LogP contribution in [0.25, 0.3) is 21.5 Å². The van der Waals surface area contributed by atoms with Crippen LogP contribution in [0.5, 0.6) is 0 Å². The zero-order valence-corrected chi connectivity index (χ0v) is 21.3. The molecule has 2 saturated heterocycles. The molecule has 36 heavy (non-hydrogen) atoms. The summed E-state index contributed by atoms with van der Waals surface area (Å²) in [6.45, 7) is 4.93. The van der Waals surface area contributed by atoms with Crippen molar-refractivity contribution in [2.75, 3.05) is 39.3 Å². The molecule has 0 N–H and O–H groups in total. The number of piperazine rings is 1. The summed E-state index contributed by atoms with van der Waals surface area (Å²) < 4.78 is 0. The maximum atomic E-state index is 13.8. The fraction of sp³-hybridized carbons (Fsp3) is 0.333. The van der Waals surface area contributed by atoms with Gasteiger partial charge in [0.2, 0.25) is 5.91 Å². The lowest BCUT2D eigenvalue weighted by atomic mass is 9.95. The predicted molar refractivity (Wildman–Crippen MR) is 147 cm³/mol. The van der Waals surface area contributed by atoms with E-state index in [1.54, 1.807) is 11.3 Å². The lowest BCUT2D eigenvalue weighted by molar-refractivity contribution is -0.132. The summed E-state index contributed by atoms with van der Waals surface area (Å²) in [7, 11) is 0. The molecule has 0 aliphatic carbocycles. The molecular formula is C30H31N3O2S. The number of hydrogen-bond donors (Lipinski definition) is 0. The van der Waals surface area contributed by atoms with Crippen LogP contribution in [0.15, 0.2) is 72.1 Å². The van der Waals surface area contributed by atoms with E-state index in [0.717, 1.165) is 84.1 Å². The van der Waals surface area contributed by atoms with Gasteiger partial charge in [-0.1, -0.05) is 54.6 Å². The van der Waals surface area contributed by atoms with Gasteiger partial charge in [0.25, 0.3) is 5.91 Å². The number of amides is 2. The number of thiophene rings is 1. The molecule has 184 valence electrons. The van der Waals surface area contributed by atoms with Gasteiger partial charge in [-0.2, -0.15) is 0 Å². The Labute approximate surface area is 215 Å². The molecule has 0 atom stereocenters. The van der Waals surface area contributed by atoms with Crippen LogP contribution in [0.3, 0.4) is 0 Å². The van der Waals surface area contributed by atoms with E-state index in [1.807, 2.05) is 51.6 Å². The topological polar surface area (TPSA) is 43.9 Å². The minimum absolute atomic E-state index is 0.136. The van der Waals surface area contributed by atoms with E-state index in [0.29, 0.717) is 12.5 Å². The Morgan fingerprint density at radius 1 is 0.750 bits per heavy atom. The van der Waals surface area contributed by atoms with Crippen LogP contribution in [0, 0.1) is 0 Å². The number of hydrogen-bond acceptors (Lipinski definition) is 4. The number of fused-ring (bicyclic) bond motifs is 2. The van der Waals surface area contributed by atoms with Crippen molar-refractivity contribution in [1.29, 1.82) is 0 Å². The molecular weight excluding hydrogens is 466 g/mol. The third-order valence-electron chi connectivity index (χ3n) is 7.83. The van der Waals surface area contributed by atoms with Crippen LogP contribution in [-0.4, -0.2) is 71.8 Å². The average Bonchev–Trinajstić information content (AvgIpc) is 3.44. The van der Waals surface area contributed by atoms with Crippen LogP contribution in [0.1, 0.15) is 28.1 Å². The normalized spacial score (nSPS) is 17.7. The first-order valence-electron chi connectivity index (χ1n) is 12.9. The van der Waals surface area contributed by atoms with Crippen LogP contribution in [0.2, 0.25) is 0 Å². The molecule has 0 radical (unpaired) electrons. The molecule has 0 bridgehead atoms. The quantitative estimate of drug-likeness (QED) is 0.371. The molecule has 0 spiro atoms. The Kier molecular flexibility index (Phi) is 6.46. The number of piperidine rings is 1. The van der Waals surface area contributed by atoms with Crippen molar-refractivity contribution in [2.24, 2.45) is 0 Å². The van der Waals surface area contributed by atoms with Gasteiger partial charge in [0, 0.05) is 50.2 Å². The van der Waals surface area contributed by atoms with Crippen molar-refractivity contribution in [3.05, 3.63) is 82.6 Å². The zero-order valence-electron chi connectivity index (χ0n) is 20.4. The van der Waals surface area contributed by atoms with Gasteiger partial charge in [-0.3, -0.25) is 14.5 Å². The van der Waals surface area contributed by atoms with Crippen LogP contribution in [-0.2, 0) is 11.2 Å². The van der Waals surface area contributed by atoms with E-state index in [2.05, 4.69) is 35.2 Å². The van der Waals surface area contributed by atoms with Gasteiger partial charge >= 0.3 is 0 Å². The summed E-state index contributed by atoms with van der Waals surface area (Å²) in [6, 6.07) is 23.1. The Hall–Kier alpha value is -3.22. The molecule has 0 unspecified atom stereocenters. The predicted octanol–water partition coefficient (Wildman–Crippen LogP) is 5.05. The number of rotatable bonds is 4. The fourth-order valence-corrected chi connectivity index (χ4v) is 6.54. The summed E-state index contributed by atoms with van der Waals surface area (Å²) in [6.07, 6.45) is 2.54. The van der Waals surface area contributed by atoms with Gasteiger partial charge < -0.3 is 9.80 Å². The number of carbonyl (C=O) groups excluding carboxylic acids is 2. The van der Waals surface area contributed by atoms with Crippen molar-refractivity contribution >= 4 is 44.7 Å². The lowest BCUT2D eigenvalue weighted by Gasteiger charge is -2.43.